The molecule has 104 valence electrons. The van der Waals surface area contributed by atoms with Gasteiger partial charge < -0.3 is 10.0 Å². The second-order valence-corrected chi connectivity index (χ2v) is 4.40. The molecule has 1 aliphatic rings. The molecule has 0 spiro atoms. The smallest absolute Gasteiger partial charge is 0.393 e. The second kappa shape index (κ2) is 5.02. The standard InChI is InChI=1S/C11H12F3N3O2/c12-11(13,14)8-2-1-3-17(6-8)10-15-4-7(5-16-10)9(18)19/h4-5,8H,1-3,6H2,(H,18,19). The first kappa shape index (κ1) is 13.6. The summed E-state index contributed by atoms with van der Waals surface area (Å²) in [5.74, 6) is -2.42. The Morgan fingerprint density at radius 2 is 2.00 bits per heavy atom. The quantitative estimate of drug-likeness (QED) is 0.893. The monoisotopic (exact) mass is 275 g/mol. The molecule has 0 bridgehead atoms. The molecule has 0 saturated carbocycles. The minimum atomic E-state index is -4.22. The van der Waals surface area contributed by atoms with E-state index >= 15 is 0 Å². The van der Waals surface area contributed by atoms with Gasteiger partial charge in [-0.25, -0.2) is 14.8 Å². The highest BCUT2D eigenvalue weighted by molar-refractivity contribution is 5.86. The molecule has 0 aliphatic carbocycles. The van der Waals surface area contributed by atoms with Crippen LogP contribution in [0.4, 0.5) is 19.1 Å². The third kappa shape index (κ3) is 3.12. The highest BCUT2D eigenvalue weighted by Crippen LogP contribution is 2.33. The number of rotatable bonds is 2. The highest BCUT2D eigenvalue weighted by Gasteiger charge is 2.42. The summed E-state index contributed by atoms with van der Waals surface area (Å²) in [6.07, 6.45) is -1.51. The van der Waals surface area contributed by atoms with Crippen LogP contribution in [0.15, 0.2) is 12.4 Å². The number of nitrogens with zero attached hydrogens (tertiary/aromatic N) is 3. The van der Waals surface area contributed by atoms with Crippen LogP contribution in [0, 0.1) is 5.92 Å². The van der Waals surface area contributed by atoms with Crippen molar-refractivity contribution in [1.82, 2.24) is 9.97 Å². The van der Waals surface area contributed by atoms with Crippen molar-refractivity contribution in [3.63, 3.8) is 0 Å². The fourth-order valence-corrected chi connectivity index (χ4v) is 2.02. The molecular weight excluding hydrogens is 263 g/mol. The van der Waals surface area contributed by atoms with Crippen molar-refractivity contribution in [2.24, 2.45) is 5.92 Å². The van der Waals surface area contributed by atoms with Crippen molar-refractivity contribution >= 4 is 11.9 Å². The van der Waals surface area contributed by atoms with E-state index in [-0.39, 0.29) is 24.5 Å². The van der Waals surface area contributed by atoms with Gasteiger partial charge in [0, 0.05) is 25.5 Å². The van der Waals surface area contributed by atoms with Gasteiger partial charge in [-0.15, -0.1) is 0 Å². The normalized spacial score (nSPS) is 20.4. The molecule has 1 unspecified atom stereocenters. The molecule has 0 radical (unpaired) electrons. The van der Waals surface area contributed by atoms with Gasteiger partial charge in [-0.1, -0.05) is 0 Å². The summed E-state index contributed by atoms with van der Waals surface area (Å²) in [5.41, 5.74) is -0.0897. The molecule has 5 nitrogen and oxygen atoms in total. The Hall–Kier alpha value is -1.86. The van der Waals surface area contributed by atoms with Crippen LogP contribution in [0.2, 0.25) is 0 Å². The number of aromatic carboxylic acids is 1. The maximum atomic E-state index is 12.7. The van der Waals surface area contributed by atoms with E-state index in [0.29, 0.717) is 13.0 Å². The molecule has 0 amide bonds. The number of alkyl halides is 3. The van der Waals surface area contributed by atoms with Crippen LogP contribution in [0.1, 0.15) is 23.2 Å². The first-order valence-electron chi connectivity index (χ1n) is 5.75. The zero-order valence-electron chi connectivity index (χ0n) is 9.89. The van der Waals surface area contributed by atoms with Gasteiger partial charge in [-0.3, -0.25) is 0 Å². The van der Waals surface area contributed by atoms with Crippen LogP contribution in [-0.2, 0) is 0 Å². The summed E-state index contributed by atoms with van der Waals surface area (Å²) in [6, 6.07) is 0. The number of anilines is 1. The van der Waals surface area contributed by atoms with Crippen molar-refractivity contribution in [2.75, 3.05) is 18.0 Å². The molecule has 1 aromatic heterocycles. The Balaban J connectivity index is 2.11. The Bertz CT molecular complexity index is 461. The highest BCUT2D eigenvalue weighted by atomic mass is 19.4. The van der Waals surface area contributed by atoms with Crippen LogP contribution in [0.5, 0.6) is 0 Å². The van der Waals surface area contributed by atoms with Crippen molar-refractivity contribution in [3.8, 4) is 0 Å². The lowest BCUT2D eigenvalue weighted by Crippen LogP contribution is -2.42. The number of carbonyl (C=O) groups is 1. The van der Waals surface area contributed by atoms with E-state index in [9.17, 15) is 18.0 Å². The lowest BCUT2D eigenvalue weighted by molar-refractivity contribution is -0.176. The molecule has 1 saturated heterocycles. The Morgan fingerprint density at radius 3 is 2.53 bits per heavy atom. The van der Waals surface area contributed by atoms with E-state index < -0.39 is 18.1 Å². The summed E-state index contributed by atoms with van der Waals surface area (Å²) in [4.78, 5) is 19.7. The first-order valence-corrected chi connectivity index (χ1v) is 5.75. The molecule has 0 aromatic carbocycles. The number of hydrogen-bond donors (Lipinski definition) is 1. The number of hydrogen-bond acceptors (Lipinski definition) is 4. The first-order chi connectivity index (χ1) is 8.88. The number of carboxylic acids is 1. The Kier molecular flexibility index (Phi) is 3.59. The van der Waals surface area contributed by atoms with Crippen LogP contribution in [-0.4, -0.2) is 40.3 Å². The Morgan fingerprint density at radius 1 is 1.37 bits per heavy atom. The van der Waals surface area contributed by atoms with Crippen LogP contribution in [0.3, 0.4) is 0 Å². The van der Waals surface area contributed by atoms with Crippen LogP contribution in [0.25, 0.3) is 0 Å². The molecule has 2 heterocycles. The van der Waals surface area contributed by atoms with Crippen molar-refractivity contribution < 1.29 is 23.1 Å². The average Bonchev–Trinajstić information content (AvgIpc) is 2.38. The SMILES string of the molecule is O=C(O)c1cnc(N2CCCC(C(F)(F)F)C2)nc1. The van der Waals surface area contributed by atoms with Gasteiger partial charge >= 0.3 is 12.1 Å². The summed E-state index contributed by atoms with van der Waals surface area (Å²) >= 11 is 0. The van der Waals surface area contributed by atoms with Crippen molar-refractivity contribution in [3.05, 3.63) is 18.0 Å². The number of aromatic nitrogens is 2. The molecule has 1 atom stereocenters. The van der Waals surface area contributed by atoms with E-state index in [0.717, 1.165) is 12.4 Å². The average molecular weight is 275 g/mol. The van der Waals surface area contributed by atoms with E-state index in [2.05, 4.69) is 9.97 Å². The molecule has 8 heteroatoms. The minimum absolute atomic E-state index is 0.0897. The zero-order valence-corrected chi connectivity index (χ0v) is 9.89. The molecule has 2 rings (SSSR count). The fraction of sp³-hybridized carbons (Fsp3) is 0.545. The van der Waals surface area contributed by atoms with Crippen LogP contribution >= 0.6 is 0 Å². The van der Waals surface area contributed by atoms with E-state index in [4.69, 9.17) is 5.11 Å². The maximum absolute atomic E-state index is 12.7. The third-order valence-electron chi connectivity index (χ3n) is 3.05. The van der Waals surface area contributed by atoms with E-state index in [1.807, 2.05) is 0 Å². The summed E-state index contributed by atoms with van der Waals surface area (Å²) in [5, 5.41) is 8.69. The van der Waals surface area contributed by atoms with Crippen molar-refractivity contribution in [1.29, 1.82) is 0 Å². The third-order valence-corrected chi connectivity index (χ3v) is 3.05. The van der Waals surface area contributed by atoms with Gasteiger partial charge in [-0.2, -0.15) is 13.2 Å². The van der Waals surface area contributed by atoms with Gasteiger partial charge in [0.25, 0.3) is 0 Å². The lowest BCUT2D eigenvalue weighted by atomic mass is 9.98. The molecule has 1 fully saturated rings. The maximum Gasteiger partial charge on any atom is 0.393 e. The van der Waals surface area contributed by atoms with Gasteiger partial charge in [0.1, 0.15) is 0 Å². The molecule has 1 aromatic rings. The Labute approximate surface area is 107 Å². The number of carboxylic acid groups (broad SMARTS) is 1. The topological polar surface area (TPSA) is 66.3 Å². The molecule has 1 N–H and O–H groups in total. The zero-order chi connectivity index (χ0) is 14.0. The van der Waals surface area contributed by atoms with Crippen molar-refractivity contribution in [2.45, 2.75) is 19.0 Å². The van der Waals surface area contributed by atoms with Gasteiger partial charge in [0.05, 0.1) is 11.5 Å². The summed E-state index contributed by atoms with van der Waals surface area (Å²) in [6.45, 7) is 0.259. The van der Waals surface area contributed by atoms with E-state index in [1.165, 1.54) is 4.90 Å². The van der Waals surface area contributed by atoms with Gasteiger partial charge in [0.15, 0.2) is 0 Å². The fourth-order valence-electron chi connectivity index (χ4n) is 2.02. The molecule has 19 heavy (non-hydrogen) atoms. The number of piperidine rings is 1. The predicted octanol–water partition coefficient (Wildman–Crippen LogP) is 1.95. The van der Waals surface area contributed by atoms with Crippen LogP contribution < -0.4 is 4.90 Å². The van der Waals surface area contributed by atoms with Gasteiger partial charge in [-0.05, 0) is 12.8 Å². The largest absolute Gasteiger partial charge is 0.478 e. The molecule has 1 aliphatic heterocycles. The summed E-state index contributed by atoms with van der Waals surface area (Å²) in [7, 11) is 0. The van der Waals surface area contributed by atoms with E-state index in [1.54, 1.807) is 0 Å². The summed E-state index contributed by atoms with van der Waals surface area (Å²) < 4.78 is 38.0. The molecular formula is C11H12F3N3O2. The minimum Gasteiger partial charge on any atom is -0.478 e. The number of halogens is 3. The van der Waals surface area contributed by atoms with Gasteiger partial charge in [0.2, 0.25) is 5.95 Å². The predicted molar refractivity (Wildman–Crippen MR) is 60.0 cm³/mol. The lowest BCUT2D eigenvalue weighted by Gasteiger charge is -2.33. The second-order valence-electron chi connectivity index (χ2n) is 4.40.